The first-order valence-electron chi connectivity index (χ1n) is 6.22. The van der Waals surface area contributed by atoms with Gasteiger partial charge >= 0.3 is 12.1 Å². The van der Waals surface area contributed by atoms with Gasteiger partial charge < -0.3 is 15.2 Å². The molecule has 2 aromatic rings. The first-order valence-corrected chi connectivity index (χ1v) is 6.22. The quantitative estimate of drug-likeness (QED) is 0.751. The average molecular weight is 290 g/mol. The van der Waals surface area contributed by atoms with Crippen molar-refractivity contribution < 1.29 is 24.2 Å². The second-order valence-corrected chi connectivity index (χ2v) is 4.74. The smallest absolute Gasteiger partial charge is 0.411 e. The second kappa shape index (κ2) is 4.62. The lowest BCUT2D eigenvalue weighted by atomic mass is 10.0. The Kier molecular flexibility index (Phi) is 2.90. The minimum atomic E-state index is -1.24. The largest absolute Gasteiger partial charge is 0.478 e. The summed E-state index contributed by atoms with van der Waals surface area (Å²) in [5.74, 6) is -1.67. The molecule has 1 aromatic heterocycles. The Hall–Kier alpha value is -2.83. The number of aliphatic carboxylic acids is 1. The van der Waals surface area contributed by atoms with Crippen LogP contribution in [-0.2, 0) is 11.2 Å². The van der Waals surface area contributed by atoms with E-state index < -0.39 is 17.9 Å². The van der Waals surface area contributed by atoms with Crippen molar-refractivity contribution in [1.29, 1.82) is 0 Å². The van der Waals surface area contributed by atoms with Crippen LogP contribution >= 0.6 is 0 Å². The number of halogens is 1. The predicted octanol–water partition coefficient (Wildman–Crippen LogP) is 2.27. The van der Waals surface area contributed by atoms with Gasteiger partial charge in [-0.1, -0.05) is 0 Å². The number of fused-ring (bicyclic) bond motifs is 3. The van der Waals surface area contributed by atoms with Crippen molar-refractivity contribution >= 4 is 28.5 Å². The van der Waals surface area contributed by atoms with Gasteiger partial charge in [-0.05, 0) is 30.2 Å². The molecule has 2 heterocycles. The number of aromatic nitrogens is 1. The van der Waals surface area contributed by atoms with Crippen LogP contribution in [0.5, 0.6) is 0 Å². The highest BCUT2D eigenvalue weighted by molar-refractivity contribution is 6.17. The molecule has 0 atom stereocenters. The van der Waals surface area contributed by atoms with E-state index >= 15 is 0 Å². The topological polar surface area (TPSA) is 93.6 Å². The molecule has 21 heavy (non-hydrogen) atoms. The van der Waals surface area contributed by atoms with Gasteiger partial charge in [-0.3, -0.25) is 4.90 Å². The number of amides is 1. The molecule has 0 unspecified atom stereocenters. The number of hydrogen-bond acceptors (Lipinski definition) is 2. The maximum absolute atomic E-state index is 13.4. The summed E-state index contributed by atoms with van der Waals surface area (Å²) in [6.45, 7) is 0.114. The van der Waals surface area contributed by atoms with Gasteiger partial charge in [0.25, 0.3) is 0 Å². The minimum Gasteiger partial charge on any atom is -0.478 e. The molecule has 1 amide bonds. The summed E-state index contributed by atoms with van der Waals surface area (Å²) in [7, 11) is 0. The molecule has 108 valence electrons. The highest BCUT2D eigenvalue weighted by atomic mass is 19.1. The Balaban J connectivity index is 2.24. The molecule has 1 aliphatic rings. The van der Waals surface area contributed by atoms with Crippen LogP contribution in [-0.4, -0.2) is 38.7 Å². The normalized spacial score (nSPS) is 14.5. The number of hydrogen-bond donors (Lipinski definition) is 3. The fourth-order valence-corrected chi connectivity index (χ4v) is 2.54. The van der Waals surface area contributed by atoms with Gasteiger partial charge in [0.05, 0.1) is 11.3 Å². The summed E-state index contributed by atoms with van der Waals surface area (Å²) in [5, 5.41) is 18.9. The first kappa shape index (κ1) is 13.2. The maximum atomic E-state index is 13.4. The standard InChI is InChI=1S/C14H11FN2O4/c15-7-1-2-11-9(5-7)8-3-4-17(14(20)21)6-10(13(18)19)12(8)16-11/h1-2,5-6,16H,3-4H2,(H,18,19)(H,20,21). The molecule has 1 aliphatic heterocycles. The van der Waals surface area contributed by atoms with Gasteiger partial charge in [0.2, 0.25) is 0 Å². The number of aromatic amines is 1. The van der Waals surface area contributed by atoms with Crippen LogP contribution < -0.4 is 0 Å². The number of nitrogens with one attached hydrogen (secondary N) is 1. The third kappa shape index (κ3) is 2.12. The van der Waals surface area contributed by atoms with Gasteiger partial charge in [-0.2, -0.15) is 0 Å². The minimum absolute atomic E-state index is 0.114. The Morgan fingerprint density at radius 3 is 2.71 bits per heavy atom. The maximum Gasteiger partial charge on any atom is 0.411 e. The molecule has 3 rings (SSSR count). The Morgan fingerprint density at radius 1 is 1.29 bits per heavy atom. The first-order chi connectivity index (χ1) is 9.97. The molecule has 7 heteroatoms. The van der Waals surface area contributed by atoms with Crippen molar-refractivity contribution in [3.05, 3.63) is 41.5 Å². The van der Waals surface area contributed by atoms with Crippen molar-refractivity contribution in [2.45, 2.75) is 6.42 Å². The van der Waals surface area contributed by atoms with E-state index in [4.69, 9.17) is 5.11 Å². The van der Waals surface area contributed by atoms with E-state index in [1.165, 1.54) is 18.2 Å². The van der Waals surface area contributed by atoms with Crippen LogP contribution in [0.25, 0.3) is 16.5 Å². The number of nitrogens with zero attached hydrogens (tertiary/aromatic N) is 1. The van der Waals surface area contributed by atoms with Crippen LogP contribution in [0.4, 0.5) is 9.18 Å². The van der Waals surface area contributed by atoms with Crippen LogP contribution in [0.1, 0.15) is 11.3 Å². The van der Waals surface area contributed by atoms with Gasteiger partial charge in [0, 0.05) is 23.6 Å². The lowest BCUT2D eigenvalue weighted by Gasteiger charge is -2.12. The molecule has 0 fully saturated rings. The van der Waals surface area contributed by atoms with Crippen molar-refractivity contribution in [2.75, 3.05) is 6.54 Å². The lowest BCUT2D eigenvalue weighted by molar-refractivity contribution is -0.130. The fraction of sp³-hybridized carbons (Fsp3) is 0.143. The van der Waals surface area contributed by atoms with Gasteiger partial charge in [-0.25, -0.2) is 14.0 Å². The van der Waals surface area contributed by atoms with E-state index in [0.29, 0.717) is 28.6 Å². The molecule has 1 aromatic carbocycles. The second-order valence-electron chi connectivity index (χ2n) is 4.74. The number of benzene rings is 1. The summed E-state index contributed by atoms with van der Waals surface area (Å²) in [5.41, 5.74) is 1.41. The molecular formula is C14H11FN2O4. The van der Waals surface area contributed by atoms with E-state index in [0.717, 1.165) is 11.1 Å². The van der Waals surface area contributed by atoms with Crippen LogP contribution in [0.3, 0.4) is 0 Å². The number of carboxylic acid groups (broad SMARTS) is 2. The van der Waals surface area contributed by atoms with Gasteiger partial charge in [0.1, 0.15) is 5.82 Å². The number of rotatable bonds is 1. The van der Waals surface area contributed by atoms with Gasteiger partial charge in [-0.15, -0.1) is 0 Å². The summed E-state index contributed by atoms with van der Waals surface area (Å²) in [4.78, 5) is 26.3. The molecule has 0 spiro atoms. The van der Waals surface area contributed by atoms with Crippen LogP contribution in [0.15, 0.2) is 24.4 Å². The fourth-order valence-electron chi connectivity index (χ4n) is 2.54. The number of H-pyrrole nitrogens is 1. The molecule has 0 radical (unpaired) electrons. The molecule has 6 nitrogen and oxygen atoms in total. The Labute approximate surface area is 118 Å². The monoisotopic (exact) mass is 290 g/mol. The molecular weight excluding hydrogens is 279 g/mol. The predicted molar refractivity (Wildman–Crippen MR) is 72.3 cm³/mol. The molecule has 0 bridgehead atoms. The zero-order chi connectivity index (χ0) is 15.1. The summed E-state index contributed by atoms with van der Waals surface area (Å²) in [6.07, 6.45) is 0.162. The Morgan fingerprint density at radius 2 is 2.05 bits per heavy atom. The summed E-state index contributed by atoms with van der Waals surface area (Å²) < 4.78 is 13.4. The molecule has 0 saturated carbocycles. The molecule has 3 N–H and O–H groups in total. The zero-order valence-corrected chi connectivity index (χ0v) is 10.8. The zero-order valence-electron chi connectivity index (χ0n) is 10.8. The Bertz CT molecular complexity index is 794. The van der Waals surface area contributed by atoms with Crippen molar-refractivity contribution in [3.8, 4) is 0 Å². The summed E-state index contributed by atoms with van der Waals surface area (Å²) in [6, 6.07) is 4.14. The summed E-state index contributed by atoms with van der Waals surface area (Å²) >= 11 is 0. The van der Waals surface area contributed by atoms with Crippen molar-refractivity contribution in [2.24, 2.45) is 0 Å². The van der Waals surface area contributed by atoms with E-state index in [9.17, 15) is 19.1 Å². The van der Waals surface area contributed by atoms with Crippen LogP contribution in [0.2, 0.25) is 0 Å². The highest BCUT2D eigenvalue weighted by Crippen LogP contribution is 2.31. The van der Waals surface area contributed by atoms with E-state index in [1.54, 1.807) is 0 Å². The number of carboxylic acids is 1. The SMILES string of the molecule is O=C(O)C1=CN(C(=O)O)CCc2c1[nH]c1ccc(F)cc21. The van der Waals surface area contributed by atoms with Crippen molar-refractivity contribution in [3.63, 3.8) is 0 Å². The average Bonchev–Trinajstić information content (AvgIpc) is 2.64. The van der Waals surface area contributed by atoms with E-state index in [2.05, 4.69) is 4.98 Å². The molecule has 0 aliphatic carbocycles. The lowest BCUT2D eigenvalue weighted by Crippen LogP contribution is -2.25. The van der Waals surface area contributed by atoms with Crippen molar-refractivity contribution in [1.82, 2.24) is 9.88 Å². The van der Waals surface area contributed by atoms with Crippen LogP contribution in [0, 0.1) is 5.82 Å². The highest BCUT2D eigenvalue weighted by Gasteiger charge is 2.26. The molecule has 0 saturated heterocycles. The third-order valence-corrected chi connectivity index (χ3v) is 3.50. The van der Waals surface area contributed by atoms with E-state index in [-0.39, 0.29) is 12.1 Å². The number of carbonyl (C=O) groups is 2. The third-order valence-electron chi connectivity index (χ3n) is 3.50. The van der Waals surface area contributed by atoms with E-state index in [1.807, 2.05) is 0 Å². The van der Waals surface area contributed by atoms with Gasteiger partial charge in [0.15, 0.2) is 0 Å².